The van der Waals surface area contributed by atoms with Gasteiger partial charge in [-0.05, 0) is 19.3 Å². The second kappa shape index (κ2) is 4.87. The minimum atomic E-state index is -1.02. The maximum absolute atomic E-state index is 12.2. The summed E-state index contributed by atoms with van der Waals surface area (Å²) in [5, 5.41) is 16.4. The van der Waals surface area contributed by atoms with Crippen molar-refractivity contribution in [2.24, 2.45) is 16.3 Å². The Morgan fingerprint density at radius 2 is 2.16 bits per heavy atom. The molecule has 1 atom stereocenters. The van der Waals surface area contributed by atoms with Crippen molar-refractivity contribution in [3.05, 3.63) is 0 Å². The van der Waals surface area contributed by atoms with Crippen LogP contribution >= 0.6 is 0 Å². The molecule has 1 saturated carbocycles. The van der Waals surface area contributed by atoms with Crippen molar-refractivity contribution >= 4 is 23.6 Å². The third kappa shape index (κ3) is 2.25. The first-order valence-electron chi connectivity index (χ1n) is 6.12. The first-order chi connectivity index (χ1) is 8.99. The average molecular weight is 268 g/mol. The molecule has 2 aliphatic rings. The summed E-state index contributed by atoms with van der Waals surface area (Å²) in [5.41, 5.74) is 4.54. The quantitative estimate of drug-likeness (QED) is 0.168. The molecule has 1 aliphatic heterocycles. The van der Waals surface area contributed by atoms with Gasteiger partial charge in [0.25, 0.3) is 0 Å². The van der Waals surface area contributed by atoms with Gasteiger partial charge in [0.2, 0.25) is 17.7 Å². The molecule has 1 heterocycles. The van der Waals surface area contributed by atoms with Crippen LogP contribution in [0.4, 0.5) is 0 Å². The fourth-order valence-corrected chi connectivity index (χ4v) is 2.35. The smallest absolute Gasteiger partial charge is 0.249 e. The summed E-state index contributed by atoms with van der Waals surface area (Å²) >= 11 is 0. The lowest BCUT2D eigenvalue weighted by Crippen LogP contribution is -2.59. The standard InChI is InChI=1S/C11H16N4O4/c12-9(15-19)11(4-1-5-11)10(18)13-6-2-3-7(16)14-8(6)17/h6,19H,1-5H2,(H2,12,15)(H,13,18)(H,14,16,17). The number of carbonyl (C=O) groups is 3. The van der Waals surface area contributed by atoms with Gasteiger partial charge < -0.3 is 16.3 Å². The number of nitrogens with one attached hydrogen (secondary N) is 2. The zero-order chi connectivity index (χ0) is 14.0. The Bertz CT molecular complexity index is 456. The zero-order valence-electron chi connectivity index (χ0n) is 10.3. The normalized spacial score (nSPS) is 26.3. The van der Waals surface area contributed by atoms with Gasteiger partial charge in [0, 0.05) is 6.42 Å². The SMILES string of the molecule is NC(=NO)C1(C(=O)NC2CCC(=O)NC2=O)CCC1. The molecule has 0 spiro atoms. The number of hydrogen-bond donors (Lipinski definition) is 4. The minimum absolute atomic E-state index is 0.136. The van der Waals surface area contributed by atoms with Gasteiger partial charge in [-0.3, -0.25) is 19.7 Å². The van der Waals surface area contributed by atoms with Gasteiger partial charge in [0.15, 0.2) is 5.84 Å². The number of amides is 3. The average Bonchev–Trinajstić information content (AvgIpc) is 2.31. The van der Waals surface area contributed by atoms with Crippen LogP contribution in [0.1, 0.15) is 32.1 Å². The van der Waals surface area contributed by atoms with Crippen LogP contribution in [-0.4, -0.2) is 34.8 Å². The summed E-state index contributed by atoms with van der Waals surface area (Å²) in [6, 6.07) is -0.742. The number of rotatable bonds is 3. The summed E-state index contributed by atoms with van der Waals surface area (Å²) in [4.78, 5) is 34.8. The van der Waals surface area contributed by atoms with E-state index in [1.54, 1.807) is 0 Å². The molecular formula is C11H16N4O4. The number of amidine groups is 1. The third-order valence-corrected chi connectivity index (χ3v) is 3.78. The van der Waals surface area contributed by atoms with E-state index in [-0.39, 0.29) is 24.6 Å². The van der Waals surface area contributed by atoms with Crippen molar-refractivity contribution in [1.82, 2.24) is 10.6 Å². The van der Waals surface area contributed by atoms with E-state index in [0.717, 1.165) is 6.42 Å². The molecule has 1 unspecified atom stereocenters. The van der Waals surface area contributed by atoms with E-state index in [4.69, 9.17) is 10.9 Å². The van der Waals surface area contributed by atoms with Crippen molar-refractivity contribution in [2.45, 2.75) is 38.1 Å². The number of oxime groups is 1. The van der Waals surface area contributed by atoms with Crippen LogP contribution in [0.2, 0.25) is 0 Å². The van der Waals surface area contributed by atoms with Gasteiger partial charge in [-0.25, -0.2) is 0 Å². The van der Waals surface area contributed by atoms with E-state index in [1.807, 2.05) is 0 Å². The predicted octanol–water partition coefficient (Wildman–Crippen LogP) is -1.18. The highest BCUT2D eigenvalue weighted by molar-refractivity contribution is 6.09. The molecule has 104 valence electrons. The van der Waals surface area contributed by atoms with E-state index in [1.165, 1.54) is 0 Å². The number of piperidine rings is 1. The van der Waals surface area contributed by atoms with Gasteiger partial charge in [0.05, 0.1) is 0 Å². The molecule has 2 rings (SSSR count). The molecule has 0 bridgehead atoms. The monoisotopic (exact) mass is 268 g/mol. The first-order valence-corrected chi connectivity index (χ1v) is 6.12. The van der Waals surface area contributed by atoms with E-state index < -0.39 is 23.3 Å². The Kier molecular flexibility index (Phi) is 3.41. The molecule has 1 saturated heterocycles. The molecule has 0 aromatic rings. The summed E-state index contributed by atoms with van der Waals surface area (Å²) in [5.74, 6) is -1.42. The second-order valence-electron chi connectivity index (χ2n) is 4.90. The summed E-state index contributed by atoms with van der Waals surface area (Å²) in [7, 11) is 0. The Hall–Kier alpha value is -2.12. The lowest BCUT2D eigenvalue weighted by atomic mass is 9.67. The number of hydrogen-bond acceptors (Lipinski definition) is 5. The Labute approximate surface area is 109 Å². The largest absolute Gasteiger partial charge is 0.409 e. The fourth-order valence-electron chi connectivity index (χ4n) is 2.35. The third-order valence-electron chi connectivity index (χ3n) is 3.78. The van der Waals surface area contributed by atoms with E-state index in [9.17, 15) is 14.4 Å². The van der Waals surface area contributed by atoms with Gasteiger partial charge >= 0.3 is 0 Å². The molecule has 2 fully saturated rings. The van der Waals surface area contributed by atoms with Crippen molar-refractivity contribution in [2.75, 3.05) is 0 Å². The van der Waals surface area contributed by atoms with Crippen molar-refractivity contribution in [3.8, 4) is 0 Å². The van der Waals surface area contributed by atoms with Crippen LogP contribution in [0, 0.1) is 5.41 Å². The Balaban J connectivity index is 2.04. The summed E-state index contributed by atoms with van der Waals surface area (Å²) < 4.78 is 0. The van der Waals surface area contributed by atoms with Crippen LogP contribution in [-0.2, 0) is 14.4 Å². The van der Waals surface area contributed by atoms with E-state index in [2.05, 4.69) is 15.8 Å². The number of nitrogens with two attached hydrogens (primary N) is 1. The van der Waals surface area contributed by atoms with Crippen LogP contribution < -0.4 is 16.4 Å². The molecular weight excluding hydrogens is 252 g/mol. The van der Waals surface area contributed by atoms with Crippen LogP contribution in [0.25, 0.3) is 0 Å². The molecule has 8 heteroatoms. The maximum atomic E-state index is 12.2. The van der Waals surface area contributed by atoms with Crippen molar-refractivity contribution in [1.29, 1.82) is 0 Å². The topological polar surface area (TPSA) is 134 Å². The number of imide groups is 1. The Morgan fingerprint density at radius 3 is 2.63 bits per heavy atom. The number of carbonyl (C=O) groups excluding carboxylic acids is 3. The fraction of sp³-hybridized carbons (Fsp3) is 0.636. The van der Waals surface area contributed by atoms with Gasteiger partial charge in [-0.2, -0.15) is 0 Å². The van der Waals surface area contributed by atoms with Gasteiger partial charge in [-0.1, -0.05) is 11.6 Å². The van der Waals surface area contributed by atoms with Crippen LogP contribution in [0.5, 0.6) is 0 Å². The van der Waals surface area contributed by atoms with Crippen LogP contribution in [0.3, 0.4) is 0 Å². The molecule has 0 aromatic heterocycles. The van der Waals surface area contributed by atoms with Crippen molar-refractivity contribution < 1.29 is 19.6 Å². The highest BCUT2D eigenvalue weighted by Crippen LogP contribution is 2.41. The lowest BCUT2D eigenvalue weighted by Gasteiger charge is -2.39. The van der Waals surface area contributed by atoms with E-state index >= 15 is 0 Å². The van der Waals surface area contributed by atoms with Crippen LogP contribution in [0.15, 0.2) is 5.16 Å². The molecule has 1 aliphatic carbocycles. The molecule has 19 heavy (non-hydrogen) atoms. The number of nitrogens with zero attached hydrogens (tertiary/aromatic N) is 1. The maximum Gasteiger partial charge on any atom is 0.249 e. The second-order valence-corrected chi connectivity index (χ2v) is 4.90. The molecule has 5 N–H and O–H groups in total. The Morgan fingerprint density at radius 1 is 1.47 bits per heavy atom. The molecule has 8 nitrogen and oxygen atoms in total. The predicted molar refractivity (Wildman–Crippen MR) is 64.0 cm³/mol. The zero-order valence-corrected chi connectivity index (χ0v) is 10.3. The highest BCUT2D eigenvalue weighted by Gasteiger charge is 2.49. The minimum Gasteiger partial charge on any atom is -0.409 e. The molecule has 0 aromatic carbocycles. The molecule has 3 amide bonds. The summed E-state index contributed by atoms with van der Waals surface area (Å²) in [6.45, 7) is 0. The lowest BCUT2D eigenvalue weighted by molar-refractivity contribution is -0.140. The van der Waals surface area contributed by atoms with Gasteiger partial charge in [-0.15, -0.1) is 0 Å². The summed E-state index contributed by atoms with van der Waals surface area (Å²) in [6.07, 6.45) is 2.24. The van der Waals surface area contributed by atoms with Crippen molar-refractivity contribution in [3.63, 3.8) is 0 Å². The van der Waals surface area contributed by atoms with Gasteiger partial charge in [0.1, 0.15) is 11.5 Å². The van der Waals surface area contributed by atoms with E-state index in [0.29, 0.717) is 12.8 Å². The molecule has 0 radical (unpaired) electrons. The first kappa shape index (κ1) is 13.3. The highest BCUT2D eigenvalue weighted by atomic mass is 16.4.